The van der Waals surface area contributed by atoms with Crippen LogP contribution in [-0.2, 0) is 4.79 Å². The van der Waals surface area contributed by atoms with Crippen molar-refractivity contribution in [2.45, 2.75) is 49.0 Å². The van der Waals surface area contributed by atoms with E-state index in [9.17, 15) is 14.3 Å². The summed E-state index contributed by atoms with van der Waals surface area (Å²) in [5.41, 5.74) is 0.715. The van der Waals surface area contributed by atoms with Crippen molar-refractivity contribution in [3.63, 3.8) is 0 Å². The SMILES string of the molecule is CSC1(C(=O)N2CCC[C@H]2C[C@H](O)c2ccc(F)cc2)CC1. The third-order valence-electron chi connectivity index (χ3n) is 4.87. The van der Waals surface area contributed by atoms with Crippen LogP contribution in [0.4, 0.5) is 4.39 Å². The number of hydrogen-bond donors (Lipinski definition) is 1. The van der Waals surface area contributed by atoms with Crippen LogP contribution in [0.2, 0.25) is 0 Å². The minimum absolute atomic E-state index is 0.0946. The normalized spacial score (nSPS) is 24.3. The molecule has 1 saturated carbocycles. The maximum absolute atomic E-state index is 13.0. The van der Waals surface area contributed by atoms with Gasteiger partial charge in [-0.2, -0.15) is 0 Å². The first-order valence-corrected chi connectivity index (χ1v) is 9.08. The lowest BCUT2D eigenvalue weighted by atomic mass is 10.0. The minimum Gasteiger partial charge on any atom is -0.388 e. The Morgan fingerprint density at radius 3 is 2.73 bits per heavy atom. The Kier molecular flexibility index (Phi) is 4.46. The van der Waals surface area contributed by atoms with E-state index in [1.807, 2.05) is 11.2 Å². The van der Waals surface area contributed by atoms with Gasteiger partial charge in [0.25, 0.3) is 0 Å². The molecule has 2 atom stereocenters. The molecule has 1 aliphatic heterocycles. The second-order valence-electron chi connectivity index (χ2n) is 6.30. The van der Waals surface area contributed by atoms with Crippen molar-refractivity contribution in [3.8, 4) is 0 Å². The van der Waals surface area contributed by atoms with E-state index in [1.165, 1.54) is 12.1 Å². The van der Waals surface area contributed by atoms with E-state index in [2.05, 4.69) is 0 Å². The molecule has 1 aromatic rings. The van der Waals surface area contributed by atoms with E-state index in [0.29, 0.717) is 12.0 Å². The number of rotatable bonds is 5. The lowest BCUT2D eigenvalue weighted by Gasteiger charge is -2.29. The lowest BCUT2D eigenvalue weighted by molar-refractivity contribution is -0.132. The molecule has 0 bridgehead atoms. The van der Waals surface area contributed by atoms with Crippen molar-refractivity contribution in [2.24, 2.45) is 0 Å². The third-order valence-corrected chi connectivity index (χ3v) is 6.24. The first-order valence-electron chi connectivity index (χ1n) is 7.85. The third kappa shape index (κ3) is 3.01. The number of amides is 1. The maximum Gasteiger partial charge on any atom is 0.239 e. The fraction of sp³-hybridized carbons (Fsp3) is 0.588. The van der Waals surface area contributed by atoms with Crippen LogP contribution < -0.4 is 0 Å². The quantitative estimate of drug-likeness (QED) is 0.905. The van der Waals surface area contributed by atoms with Crippen molar-refractivity contribution >= 4 is 17.7 Å². The highest BCUT2D eigenvalue weighted by atomic mass is 32.2. The van der Waals surface area contributed by atoms with Gasteiger partial charge in [-0.25, -0.2) is 4.39 Å². The van der Waals surface area contributed by atoms with Crippen LogP contribution in [0.5, 0.6) is 0 Å². The van der Waals surface area contributed by atoms with E-state index in [-0.39, 0.29) is 22.5 Å². The molecule has 22 heavy (non-hydrogen) atoms. The molecule has 1 aliphatic carbocycles. The fourth-order valence-electron chi connectivity index (χ4n) is 3.31. The Hall–Kier alpha value is -1.07. The predicted molar refractivity (Wildman–Crippen MR) is 86.2 cm³/mol. The number of benzene rings is 1. The molecule has 1 N–H and O–H groups in total. The summed E-state index contributed by atoms with van der Waals surface area (Å²) in [6, 6.07) is 6.06. The molecule has 3 rings (SSSR count). The molecule has 2 aliphatic rings. The molecule has 1 heterocycles. The lowest BCUT2D eigenvalue weighted by Crippen LogP contribution is -2.42. The second kappa shape index (κ2) is 6.20. The van der Waals surface area contributed by atoms with Crippen LogP contribution in [0.1, 0.15) is 43.8 Å². The highest BCUT2D eigenvalue weighted by molar-refractivity contribution is 8.01. The molecule has 0 unspecified atom stereocenters. The smallest absolute Gasteiger partial charge is 0.239 e. The molecule has 1 saturated heterocycles. The molecule has 120 valence electrons. The number of halogens is 1. The van der Waals surface area contributed by atoms with Crippen LogP contribution in [0.25, 0.3) is 0 Å². The number of hydrogen-bond acceptors (Lipinski definition) is 3. The van der Waals surface area contributed by atoms with Gasteiger partial charge in [0.1, 0.15) is 5.82 Å². The van der Waals surface area contributed by atoms with Gasteiger partial charge in [-0.3, -0.25) is 4.79 Å². The number of nitrogens with zero attached hydrogens (tertiary/aromatic N) is 1. The summed E-state index contributed by atoms with van der Waals surface area (Å²) in [5, 5.41) is 10.4. The van der Waals surface area contributed by atoms with Crippen LogP contribution in [-0.4, -0.2) is 39.5 Å². The number of aliphatic hydroxyl groups excluding tert-OH is 1. The summed E-state index contributed by atoms with van der Waals surface area (Å²) in [6.45, 7) is 0.794. The van der Waals surface area contributed by atoms with E-state index < -0.39 is 6.10 Å². The zero-order valence-electron chi connectivity index (χ0n) is 12.8. The average Bonchev–Trinajstić information content (AvgIpc) is 3.20. The number of carbonyl (C=O) groups is 1. The van der Waals surface area contributed by atoms with Gasteiger partial charge >= 0.3 is 0 Å². The van der Waals surface area contributed by atoms with Crippen LogP contribution in [0.15, 0.2) is 24.3 Å². The molecule has 0 aromatic heterocycles. The zero-order valence-corrected chi connectivity index (χ0v) is 13.6. The summed E-state index contributed by atoms with van der Waals surface area (Å²) < 4.78 is 12.8. The molecule has 1 aromatic carbocycles. The predicted octanol–water partition coefficient (Wildman–Crippen LogP) is 3.14. The van der Waals surface area contributed by atoms with Crippen molar-refractivity contribution in [1.29, 1.82) is 0 Å². The number of carbonyl (C=O) groups excluding carboxylic acids is 1. The first kappa shape index (κ1) is 15.8. The Labute approximate surface area is 134 Å². The van der Waals surface area contributed by atoms with Gasteiger partial charge in [-0.05, 0) is 56.1 Å². The van der Waals surface area contributed by atoms with Crippen molar-refractivity contribution < 1.29 is 14.3 Å². The second-order valence-corrected chi connectivity index (χ2v) is 7.49. The molecule has 3 nitrogen and oxygen atoms in total. The van der Waals surface area contributed by atoms with E-state index >= 15 is 0 Å². The van der Waals surface area contributed by atoms with Gasteiger partial charge < -0.3 is 10.0 Å². The number of aliphatic hydroxyl groups is 1. The van der Waals surface area contributed by atoms with Gasteiger partial charge in [0.05, 0.1) is 10.9 Å². The van der Waals surface area contributed by atoms with Gasteiger partial charge in [0, 0.05) is 12.6 Å². The van der Waals surface area contributed by atoms with Crippen LogP contribution >= 0.6 is 11.8 Å². The first-order chi connectivity index (χ1) is 10.6. The standard InChI is InChI=1S/C17H22FNO2S/c1-22-17(8-9-17)16(21)19-10-2-3-14(19)11-15(20)12-4-6-13(18)7-5-12/h4-7,14-15,20H,2-3,8-11H2,1H3/t14-,15-/m0/s1. The van der Waals surface area contributed by atoms with E-state index in [0.717, 1.165) is 32.2 Å². The monoisotopic (exact) mass is 323 g/mol. The van der Waals surface area contributed by atoms with Crippen molar-refractivity contribution in [1.82, 2.24) is 4.90 Å². The van der Waals surface area contributed by atoms with Crippen LogP contribution in [0, 0.1) is 5.82 Å². The Morgan fingerprint density at radius 2 is 2.14 bits per heavy atom. The Morgan fingerprint density at radius 1 is 1.45 bits per heavy atom. The molecule has 0 spiro atoms. The van der Waals surface area contributed by atoms with E-state index in [4.69, 9.17) is 0 Å². The van der Waals surface area contributed by atoms with Gasteiger partial charge in [-0.1, -0.05) is 12.1 Å². The highest BCUT2D eigenvalue weighted by Gasteiger charge is 2.52. The van der Waals surface area contributed by atoms with Gasteiger partial charge in [0.15, 0.2) is 0 Å². The maximum atomic E-state index is 13.0. The zero-order chi connectivity index (χ0) is 15.7. The molecular formula is C17H22FNO2S. The van der Waals surface area contributed by atoms with Gasteiger partial charge in [-0.15, -0.1) is 11.8 Å². The van der Waals surface area contributed by atoms with Gasteiger partial charge in [0.2, 0.25) is 5.91 Å². The topological polar surface area (TPSA) is 40.5 Å². The number of likely N-dealkylation sites (tertiary alicyclic amines) is 1. The minimum atomic E-state index is -0.650. The largest absolute Gasteiger partial charge is 0.388 e. The highest BCUT2D eigenvalue weighted by Crippen LogP contribution is 2.49. The summed E-state index contributed by atoms with van der Waals surface area (Å²) in [7, 11) is 0. The molecule has 0 radical (unpaired) electrons. The van der Waals surface area contributed by atoms with Crippen LogP contribution in [0.3, 0.4) is 0 Å². The Bertz CT molecular complexity index is 544. The molecule has 5 heteroatoms. The Balaban J connectivity index is 1.66. The summed E-state index contributed by atoms with van der Waals surface area (Å²) in [4.78, 5) is 14.7. The van der Waals surface area contributed by atoms with E-state index in [1.54, 1.807) is 23.9 Å². The summed E-state index contributed by atoms with van der Waals surface area (Å²) >= 11 is 1.66. The molecule has 2 fully saturated rings. The summed E-state index contributed by atoms with van der Waals surface area (Å²) in [6.07, 6.45) is 5.76. The fourth-order valence-corrected chi connectivity index (χ4v) is 4.11. The van der Waals surface area contributed by atoms with Crippen molar-refractivity contribution in [3.05, 3.63) is 35.6 Å². The molecule has 1 amide bonds. The summed E-state index contributed by atoms with van der Waals surface area (Å²) in [5.74, 6) is -0.0573. The molecular weight excluding hydrogens is 301 g/mol. The van der Waals surface area contributed by atoms with Crippen molar-refractivity contribution in [2.75, 3.05) is 12.8 Å². The number of thioether (sulfide) groups is 1. The average molecular weight is 323 g/mol.